The summed E-state index contributed by atoms with van der Waals surface area (Å²) in [5.74, 6) is 0. The van der Waals surface area contributed by atoms with Crippen molar-refractivity contribution in [3.8, 4) is 0 Å². The van der Waals surface area contributed by atoms with Gasteiger partial charge in [-0.05, 0) is 52.7 Å². The van der Waals surface area contributed by atoms with E-state index in [0.717, 1.165) is 13.0 Å². The van der Waals surface area contributed by atoms with Crippen molar-refractivity contribution >= 4 is 0 Å². The Morgan fingerprint density at radius 3 is 2.64 bits per heavy atom. The highest BCUT2D eigenvalue weighted by atomic mass is 15.2. The van der Waals surface area contributed by atoms with Gasteiger partial charge in [-0.25, -0.2) is 0 Å². The summed E-state index contributed by atoms with van der Waals surface area (Å²) < 4.78 is 0. The largest absolute Gasteiger partial charge is 0.330 e. The lowest BCUT2D eigenvalue weighted by Crippen LogP contribution is -2.39. The van der Waals surface area contributed by atoms with E-state index >= 15 is 0 Å². The molecular weight excluding hydrogens is 136 g/mol. The molecule has 66 valence electrons. The second kappa shape index (κ2) is 3.55. The fourth-order valence-electron chi connectivity index (χ4n) is 1.86. The van der Waals surface area contributed by atoms with E-state index in [2.05, 4.69) is 18.7 Å². The van der Waals surface area contributed by atoms with Crippen LogP contribution in [0, 0.1) is 0 Å². The van der Waals surface area contributed by atoms with E-state index in [1.165, 1.54) is 25.9 Å². The monoisotopic (exact) mass is 156 g/mol. The average molecular weight is 156 g/mol. The second-order valence-corrected chi connectivity index (χ2v) is 4.05. The summed E-state index contributed by atoms with van der Waals surface area (Å²) in [6, 6.07) is 0. The van der Waals surface area contributed by atoms with E-state index in [0.29, 0.717) is 5.54 Å². The smallest absolute Gasteiger partial charge is 0.0153 e. The van der Waals surface area contributed by atoms with Crippen LogP contribution in [0.5, 0.6) is 0 Å². The molecule has 0 atom stereocenters. The topological polar surface area (TPSA) is 29.3 Å². The van der Waals surface area contributed by atoms with Gasteiger partial charge in [-0.15, -0.1) is 0 Å². The fourth-order valence-corrected chi connectivity index (χ4v) is 1.86. The number of hydrogen-bond acceptors (Lipinski definition) is 2. The van der Waals surface area contributed by atoms with Crippen molar-refractivity contribution in [3.63, 3.8) is 0 Å². The normalized spacial score (nSPS) is 24.3. The Hall–Kier alpha value is -0.0800. The van der Waals surface area contributed by atoms with Crippen LogP contribution in [0.2, 0.25) is 0 Å². The van der Waals surface area contributed by atoms with Crippen molar-refractivity contribution in [2.24, 2.45) is 5.73 Å². The third kappa shape index (κ3) is 2.17. The SMILES string of the molecule is CC1(C)CCCN1CCCN. The standard InChI is InChI=1S/C9H20N2/c1-9(2)5-3-7-11(9)8-4-6-10/h3-8,10H2,1-2H3. The van der Waals surface area contributed by atoms with Crippen LogP contribution in [-0.4, -0.2) is 30.1 Å². The van der Waals surface area contributed by atoms with Crippen LogP contribution in [0.1, 0.15) is 33.1 Å². The van der Waals surface area contributed by atoms with Crippen LogP contribution < -0.4 is 5.73 Å². The molecule has 0 saturated carbocycles. The van der Waals surface area contributed by atoms with Crippen LogP contribution in [0.25, 0.3) is 0 Å². The summed E-state index contributed by atoms with van der Waals surface area (Å²) in [6.45, 7) is 7.94. The van der Waals surface area contributed by atoms with E-state index in [1.807, 2.05) is 0 Å². The third-order valence-corrected chi connectivity index (χ3v) is 2.70. The minimum Gasteiger partial charge on any atom is -0.330 e. The van der Waals surface area contributed by atoms with Crippen LogP contribution in [0.4, 0.5) is 0 Å². The van der Waals surface area contributed by atoms with Crippen molar-refractivity contribution in [3.05, 3.63) is 0 Å². The van der Waals surface area contributed by atoms with Crippen LogP contribution in [0.3, 0.4) is 0 Å². The van der Waals surface area contributed by atoms with Gasteiger partial charge in [0, 0.05) is 5.54 Å². The van der Waals surface area contributed by atoms with E-state index in [1.54, 1.807) is 0 Å². The number of nitrogens with zero attached hydrogens (tertiary/aromatic N) is 1. The molecule has 1 aliphatic rings. The van der Waals surface area contributed by atoms with Gasteiger partial charge < -0.3 is 5.73 Å². The van der Waals surface area contributed by atoms with Gasteiger partial charge in [0.15, 0.2) is 0 Å². The Balaban J connectivity index is 2.32. The van der Waals surface area contributed by atoms with E-state index in [9.17, 15) is 0 Å². The molecule has 0 bridgehead atoms. The van der Waals surface area contributed by atoms with Crippen LogP contribution in [-0.2, 0) is 0 Å². The maximum Gasteiger partial charge on any atom is 0.0153 e. The van der Waals surface area contributed by atoms with Crippen LogP contribution in [0.15, 0.2) is 0 Å². The molecule has 0 aromatic heterocycles. The van der Waals surface area contributed by atoms with Crippen molar-refractivity contribution in [1.29, 1.82) is 0 Å². The van der Waals surface area contributed by atoms with Gasteiger partial charge >= 0.3 is 0 Å². The zero-order valence-electron chi connectivity index (χ0n) is 7.77. The molecule has 1 rings (SSSR count). The van der Waals surface area contributed by atoms with Crippen molar-refractivity contribution < 1.29 is 0 Å². The first-order valence-electron chi connectivity index (χ1n) is 4.62. The summed E-state index contributed by atoms with van der Waals surface area (Å²) in [7, 11) is 0. The molecule has 0 aliphatic carbocycles. The molecule has 1 heterocycles. The summed E-state index contributed by atoms with van der Waals surface area (Å²) in [6.07, 6.45) is 3.85. The Morgan fingerprint density at radius 2 is 2.18 bits per heavy atom. The Kier molecular flexibility index (Phi) is 2.90. The lowest BCUT2D eigenvalue weighted by atomic mass is 10.0. The maximum absolute atomic E-state index is 5.47. The summed E-state index contributed by atoms with van der Waals surface area (Å²) in [4.78, 5) is 2.56. The number of nitrogens with two attached hydrogens (primary N) is 1. The molecule has 0 aromatic rings. The number of likely N-dealkylation sites (tertiary alicyclic amines) is 1. The van der Waals surface area contributed by atoms with Crippen molar-refractivity contribution in [1.82, 2.24) is 4.90 Å². The summed E-state index contributed by atoms with van der Waals surface area (Å²) in [5, 5.41) is 0. The van der Waals surface area contributed by atoms with Gasteiger partial charge in [-0.2, -0.15) is 0 Å². The minimum atomic E-state index is 0.440. The highest BCUT2D eigenvalue weighted by Crippen LogP contribution is 2.27. The first-order valence-corrected chi connectivity index (χ1v) is 4.62. The van der Waals surface area contributed by atoms with Gasteiger partial charge in [-0.3, -0.25) is 4.90 Å². The average Bonchev–Trinajstić information content (AvgIpc) is 2.25. The fraction of sp³-hybridized carbons (Fsp3) is 1.00. The molecule has 0 radical (unpaired) electrons. The van der Waals surface area contributed by atoms with Gasteiger partial charge in [-0.1, -0.05) is 0 Å². The zero-order chi connectivity index (χ0) is 8.32. The second-order valence-electron chi connectivity index (χ2n) is 4.05. The summed E-state index contributed by atoms with van der Waals surface area (Å²) >= 11 is 0. The molecule has 11 heavy (non-hydrogen) atoms. The van der Waals surface area contributed by atoms with Crippen molar-refractivity contribution in [2.45, 2.75) is 38.6 Å². The molecule has 0 unspecified atom stereocenters. The molecule has 2 nitrogen and oxygen atoms in total. The molecule has 1 fully saturated rings. The Labute approximate surface area is 69.8 Å². The lowest BCUT2D eigenvalue weighted by molar-refractivity contribution is 0.174. The molecular formula is C9H20N2. The maximum atomic E-state index is 5.47. The third-order valence-electron chi connectivity index (χ3n) is 2.70. The molecule has 1 saturated heterocycles. The van der Waals surface area contributed by atoms with Crippen LogP contribution >= 0.6 is 0 Å². The first-order chi connectivity index (χ1) is 5.17. The number of hydrogen-bond donors (Lipinski definition) is 1. The molecule has 2 N–H and O–H groups in total. The Bertz CT molecular complexity index is 121. The summed E-state index contributed by atoms with van der Waals surface area (Å²) in [5.41, 5.74) is 5.91. The molecule has 2 heteroatoms. The molecule has 0 spiro atoms. The van der Waals surface area contributed by atoms with Gasteiger partial charge in [0.1, 0.15) is 0 Å². The minimum absolute atomic E-state index is 0.440. The predicted molar refractivity (Wildman–Crippen MR) is 48.6 cm³/mol. The van der Waals surface area contributed by atoms with Gasteiger partial charge in [0.2, 0.25) is 0 Å². The quantitative estimate of drug-likeness (QED) is 0.665. The number of rotatable bonds is 3. The predicted octanol–water partition coefficient (Wildman–Crippen LogP) is 1.21. The van der Waals surface area contributed by atoms with E-state index in [4.69, 9.17) is 5.73 Å². The van der Waals surface area contributed by atoms with E-state index in [-0.39, 0.29) is 0 Å². The lowest BCUT2D eigenvalue weighted by Gasteiger charge is -2.31. The van der Waals surface area contributed by atoms with Gasteiger partial charge in [0.25, 0.3) is 0 Å². The zero-order valence-corrected chi connectivity index (χ0v) is 7.77. The first kappa shape index (κ1) is 9.01. The molecule has 0 aromatic carbocycles. The van der Waals surface area contributed by atoms with E-state index < -0.39 is 0 Å². The highest BCUT2D eigenvalue weighted by Gasteiger charge is 2.30. The molecule has 0 amide bonds. The van der Waals surface area contributed by atoms with Crippen molar-refractivity contribution in [2.75, 3.05) is 19.6 Å². The molecule has 1 aliphatic heterocycles. The highest BCUT2D eigenvalue weighted by molar-refractivity contribution is 4.87. The Morgan fingerprint density at radius 1 is 1.45 bits per heavy atom. The van der Waals surface area contributed by atoms with Gasteiger partial charge in [0.05, 0.1) is 0 Å².